The van der Waals surface area contributed by atoms with Gasteiger partial charge in [0.25, 0.3) is 0 Å². The molecule has 1 aromatic rings. The summed E-state index contributed by atoms with van der Waals surface area (Å²) in [5, 5.41) is 5.98. The SMILES string of the molecule is COc1ccc2c(c1)NC(=O)CCN2. The lowest BCUT2D eigenvalue weighted by Crippen LogP contribution is -2.10. The predicted molar refractivity (Wildman–Crippen MR) is 54.7 cm³/mol. The van der Waals surface area contributed by atoms with E-state index in [1.54, 1.807) is 7.11 Å². The zero-order chi connectivity index (χ0) is 9.97. The zero-order valence-corrected chi connectivity index (χ0v) is 7.96. The molecule has 0 aliphatic carbocycles. The summed E-state index contributed by atoms with van der Waals surface area (Å²) in [6, 6.07) is 5.58. The number of rotatable bonds is 1. The largest absolute Gasteiger partial charge is 0.497 e. The first-order chi connectivity index (χ1) is 6.79. The van der Waals surface area contributed by atoms with Gasteiger partial charge in [-0.05, 0) is 12.1 Å². The number of benzene rings is 1. The van der Waals surface area contributed by atoms with E-state index in [-0.39, 0.29) is 5.91 Å². The Balaban J connectivity index is 2.36. The monoisotopic (exact) mass is 192 g/mol. The Morgan fingerprint density at radius 3 is 3.00 bits per heavy atom. The van der Waals surface area contributed by atoms with Crippen molar-refractivity contribution < 1.29 is 9.53 Å². The van der Waals surface area contributed by atoms with Gasteiger partial charge in [-0.1, -0.05) is 0 Å². The van der Waals surface area contributed by atoms with Crippen molar-refractivity contribution in [2.45, 2.75) is 6.42 Å². The van der Waals surface area contributed by atoms with Crippen LogP contribution in [0.1, 0.15) is 6.42 Å². The predicted octanol–water partition coefficient (Wildman–Crippen LogP) is 1.45. The Morgan fingerprint density at radius 1 is 1.36 bits per heavy atom. The van der Waals surface area contributed by atoms with Gasteiger partial charge in [0.05, 0.1) is 18.5 Å². The summed E-state index contributed by atoms with van der Waals surface area (Å²) >= 11 is 0. The van der Waals surface area contributed by atoms with Crippen molar-refractivity contribution in [2.75, 3.05) is 24.3 Å². The Labute approximate surface area is 82.3 Å². The van der Waals surface area contributed by atoms with Gasteiger partial charge in [-0.3, -0.25) is 4.79 Å². The third-order valence-electron chi connectivity index (χ3n) is 2.17. The van der Waals surface area contributed by atoms with E-state index in [0.717, 1.165) is 17.1 Å². The average molecular weight is 192 g/mol. The average Bonchev–Trinajstić information content (AvgIpc) is 2.37. The van der Waals surface area contributed by atoms with Crippen LogP contribution in [0.3, 0.4) is 0 Å². The van der Waals surface area contributed by atoms with Gasteiger partial charge in [0, 0.05) is 19.0 Å². The molecule has 0 unspecified atom stereocenters. The lowest BCUT2D eigenvalue weighted by Gasteiger charge is -2.08. The molecule has 0 radical (unpaired) electrons. The molecule has 1 heterocycles. The van der Waals surface area contributed by atoms with Crippen molar-refractivity contribution >= 4 is 17.3 Å². The number of nitrogens with one attached hydrogen (secondary N) is 2. The molecule has 1 amide bonds. The maximum atomic E-state index is 11.3. The molecular weight excluding hydrogens is 180 g/mol. The molecule has 0 saturated carbocycles. The fourth-order valence-corrected chi connectivity index (χ4v) is 1.43. The van der Waals surface area contributed by atoms with E-state index in [9.17, 15) is 4.79 Å². The second kappa shape index (κ2) is 3.57. The molecule has 2 N–H and O–H groups in total. The van der Waals surface area contributed by atoms with Gasteiger partial charge >= 0.3 is 0 Å². The molecule has 0 fully saturated rings. The van der Waals surface area contributed by atoms with E-state index in [0.29, 0.717) is 13.0 Å². The first kappa shape index (κ1) is 8.87. The summed E-state index contributed by atoms with van der Waals surface area (Å²) < 4.78 is 5.08. The van der Waals surface area contributed by atoms with Gasteiger partial charge in [-0.25, -0.2) is 0 Å². The maximum Gasteiger partial charge on any atom is 0.226 e. The Morgan fingerprint density at radius 2 is 2.21 bits per heavy atom. The minimum Gasteiger partial charge on any atom is -0.497 e. The van der Waals surface area contributed by atoms with Crippen LogP contribution in [0.2, 0.25) is 0 Å². The smallest absolute Gasteiger partial charge is 0.226 e. The molecule has 1 aliphatic rings. The first-order valence-electron chi connectivity index (χ1n) is 4.51. The van der Waals surface area contributed by atoms with E-state index >= 15 is 0 Å². The number of hydrogen-bond acceptors (Lipinski definition) is 3. The molecule has 0 atom stereocenters. The highest BCUT2D eigenvalue weighted by molar-refractivity contribution is 5.96. The highest BCUT2D eigenvalue weighted by Gasteiger charge is 2.12. The molecule has 1 aromatic carbocycles. The van der Waals surface area contributed by atoms with Gasteiger partial charge in [0.15, 0.2) is 0 Å². The van der Waals surface area contributed by atoms with Crippen molar-refractivity contribution in [3.63, 3.8) is 0 Å². The summed E-state index contributed by atoms with van der Waals surface area (Å²) in [5.74, 6) is 0.775. The van der Waals surface area contributed by atoms with Gasteiger partial charge < -0.3 is 15.4 Å². The summed E-state index contributed by atoms with van der Waals surface area (Å²) in [6.07, 6.45) is 0.497. The molecule has 4 heteroatoms. The molecule has 1 aliphatic heterocycles. The summed E-state index contributed by atoms with van der Waals surface area (Å²) in [7, 11) is 1.60. The van der Waals surface area contributed by atoms with Crippen LogP contribution in [0.25, 0.3) is 0 Å². The minimum atomic E-state index is 0.0319. The molecular formula is C10H12N2O2. The van der Waals surface area contributed by atoms with E-state index in [4.69, 9.17) is 4.74 Å². The molecule has 4 nitrogen and oxygen atoms in total. The first-order valence-corrected chi connectivity index (χ1v) is 4.51. The van der Waals surface area contributed by atoms with Gasteiger partial charge in [0.1, 0.15) is 5.75 Å². The summed E-state index contributed by atoms with van der Waals surface area (Å²) in [4.78, 5) is 11.3. The lowest BCUT2D eigenvalue weighted by molar-refractivity contribution is -0.115. The Bertz CT molecular complexity index is 363. The zero-order valence-electron chi connectivity index (χ0n) is 7.96. The molecule has 0 spiro atoms. The van der Waals surface area contributed by atoms with Crippen LogP contribution in [-0.2, 0) is 4.79 Å². The van der Waals surface area contributed by atoms with Crippen LogP contribution in [0.15, 0.2) is 18.2 Å². The molecule has 0 saturated heterocycles. The number of hydrogen-bond donors (Lipinski definition) is 2. The fraction of sp³-hybridized carbons (Fsp3) is 0.300. The number of amides is 1. The van der Waals surface area contributed by atoms with Crippen LogP contribution < -0.4 is 15.4 Å². The van der Waals surface area contributed by atoms with E-state index in [1.807, 2.05) is 18.2 Å². The normalized spacial score (nSPS) is 14.8. The van der Waals surface area contributed by atoms with Crippen molar-refractivity contribution in [1.29, 1.82) is 0 Å². The highest BCUT2D eigenvalue weighted by Crippen LogP contribution is 2.28. The number of carbonyl (C=O) groups excluding carboxylic acids is 1. The third-order valence-corrected chi connectivity index (χ3v) is 2.17. The lowest BCUT2D eigenvalue weighted by atomic mass is 10.2. The molecule has 0 aromatic heterocycles. The molecule has 0 bridgehead atoms. The van der Waals surface area contributed by atoms with Crippen molar-refractivity contribution in [2.24, 2.45) is 0 Å². The van der Waals surface area contributed by atoms with Crippen LogP contribution >= 0.6 is 0 Å². The van der Waals surface area contributed by atoms with Crippen LogP contribution in [0.5, 0.6) is 5.75 Å². The molecule has 14 heavy (non-hydrogen) atoms. The van der Waals surface area contributed by atoms with Crippen molar-refractivity contribution in [3.8, 4) is 5.75 Å². The van der Waals surface area contributed by atoms with Crippen molar-refractivity contribution in [1.82, 2.24) is 0 Å². The maximum absolute atomic E-state index is 11.3. The summed E-state index contributed by atoms with van der Waals surface area (Å²) in [6.45, 7) is 0.672. The van der Waals surface area contributed by atoms with Crippen LogP contribution in [-0.4, -0.2) is 19.6 Å². The van der Waals surface area contributed by atoms with Gasteiger partial charge in [-0.2, -0.15) is 0 Å². The van der Waals surface area contributed by atoms with E-state index < -0.39 is 0 Å². The highest BCUT2D eigenvalue weighted by atomic mass is 16.5. The topological polar surface area (TPSA) is 50.4 Å². The van der Waals surface area contributed by atoms with Gasteiger partial charge in [-0.15, -0.1) is 0 Å². The number of carbonyl (C=O) groups is 1. The number of methoxy groups -OCH3 is 1. The van der Waals surface area contributed by atoms with E-state index in [1.165, 1.54) is 0 Å². The standard InChI is InChI=1S/C10H12N2O2/c1-14-7-2-3-8-9(6-7)12-10(13)4-5-11-8/h2-3,6,11H,4-5H2,1H3,(H,12,13). The van der Waals surface area contributed by atoms with Crippen LogP contribution in [0.4, 0.5) is 11.4 Å². The number of anilines is 2. The Kier molecular flexibility index (Phi) is 2.26. The number of fused-ring (bicyclic) bond motifs is 1. The van der Waals surface area contributed by atoms with Crippen LogP contribution in [0, 0.1) is 0 Å². The van der Waals surface area contributed by atoms with Crippen molar-refractivity contribution in [3.05, 3.63) is 18.2 Å². The minimum absolute atomic E-state index is 0.0319. The molecule has 74 valence electrons. The second-order valence-corrected chi connectivity index (χ2v) is 3.14. The van der Waals surface area contributed by atoms with E-state index in [2.05, 4.69) is 10.6 Å². The third kappa shape index (κ3) is 1.64. The van der Waals surface area contributed by atoms with Gasteiger partial charge in [0.2, 0.25) is 5.91 Å². The second-order valence-electron chi connectivity index (χ2n) is 3.14. The Hall–Kier alpha value is -1.71. The number of ether oxygens (including phenoxy) is 1. The molecule has 2 rings (SSSR count). The fourth-order valence-electron chi connectivity index (χ4n) is 1.43. The summed E-state index contributed by atoms with van der Waals surface area (Å²) in [5.41, 5.74) is 1.73. The quantitative estimate of drug-likeness (QED) is 0.708.